The van der Waals surface area contributed by atoms with Gasteiger partial charge in [-0.1, -0.05) is 50.1 Å². The molecule has 0 aliphatic rings. The van der Waals surface area contributed by atoms with E-state index >= 15 is 0 Å². The highest BCUT2D eigenvalue weighted by Gasteiger charge is 2.13. The fourth-order valence-electron chi connectivity index (χ4n) is 1.33. The molecule has 1 atom stereocenters. The molecule has 1 aromatic carbocycles. The fraction of sp³-hybridized carbons (Fsp3) is 0.273. The Balaban J connectivity index is 2.37. The second kappa shape index (κ2) is 5.56. The second-order valence-corrected chi connectivity index (χ2v) is 6.36. The molecule has 0 spiro atoms. The lowest BCUT2D eigenvalue weighted by Gasteiger charge is -2.02. The summed E-state index contributed by atoms with van der Waals surface area (Å²) in [5.41, 5.74) is 6.98. The van der Waals surface area contributed by atoms with Gasteiger partial charge in [0.1, 0.15) is 10.0 Å². The number of halogens is 2. The lowest BCUT2D eigenvalue weighted by molar-refractivity contribution is 0.683. The Labute approximate surface area is 121 Å². The molecule has 0 aliphatic carbocycles. The molecule has 1 heterocycles. The van der Waals surface area contributed by atoms with E-state index in [0.717, 1.165) is 30.9 Å². The molecule has 0 fully saturated rings. The first-order valence-electron chi connectivity index (χ1n) is 5.16. The summed E-state index contributed by atoms with van der Waals surface area (Å²) < 4.78 is 2.03. The van der Waals surface area contributed by atoms with Crippen molar-refractivity contribution in [1.82, 2.24) is 10.2 Å². The standard InChI is InChI=1S/C11H11Br2N3S/c1-2-9(14)11-16-15-10(17-11)7-4-3-6(12)5-8(7)13/h3-5,9H,2,14H2,1H3. The number of rotatable bonds is 3. The molecular weight excluding hydrogens is 366 g/mol. The van der Waals surface area contributed by atoms with E-state index in [-0.39, 0.29) is 6.04 Å². The van der Waals surface area contributed by atoms with E-state index in [9.17, 15) is 0 Å². The molecule has 0 radical (unpaired) electrons. The average Bonchev–Trinajstić information content (AvgIpc) is 2.77. The third kappa shape index (κ3) is 2.93. The molecule has 90 valence electrons. The lowest BCUT2D eigenvalue weighted by atomic mass is 10.2. The van der Waals surface area contributed by atoms with Crippen LogP contribution in [0.4, 0.5) is 0 Å². The van der Waals surface area contributed by atoms with Crippen molar-refractivity contribution in [3.63, 3.8) is 0 Å². The zero-order chi connectivity index (χ0) is 12.4. The van der Waals surface area contributed by atoms with Crippen molar-refractivity contribution in [3.05, 3.63) is 32.2 Å². The van der Waals surface area contributed by atoms with E-state index in [1.807, 2.05) is 25.1 Å². The number of aromatic nitrogens is 2. The monoisotopic (exact) mass is 375 g/mol. The summed E-state index contributed by atoms with van der Waals surface area (Å²) in [6, 6.07) is 5.97. The highest BCUT2D eigenvalue weighted by molar-refractivity contribution is 9.11. The first-order chi connectivity index (χ1) is 8.11. The molecule has 0 amide bonds. The maximum atomic E-state index is 5.94. The van der Waals surface area contributed by atoms with Gasteiger partial charge in [-0.15, -0.1) is 10.2 Å². The first-order valence-corrected chi connectivity index (χ1v) is 7.56. The Morgan fingerprint density at radius 2 is 2.12 bits per heavy atom. The van der Waals surface area contributed by atoms with Crippen molar-refractivity contribution in [1.29, 1.82) is 0 Å². The quantitative estimate of drug-likeness (QED) is 0.875. The Kier molecular flexibility index (Phi) is 4.30. The van der Waals surface area contributed by atoms with Gasteiger partial charge in [-0.05, 0) is 24.6 Å². The van der Waals surface area contributed by atoms with Crippen LogP contribution in [0.1, 0.15) is 24.4 Å². The second-order valence-electron chi connectivity index (χ2n) is 3.58. The van der Waals surface area contributed by atoms with Crippen molar-refractivity contribution in [2.24, 2.45) is 5.73 Å². The molecule has 1 unspecified atom stereocenters. The summed E-state index contributed by atoms with van der Waals surface area (Å²) in [5.74, 6) is 0. The Hall–Kier alpha value is -0.300. The maximum absolute atomic E-state index is 5.94. The van der Waals surface area contributed by atoms with Crippen LogP contribution in [0, 0.1) is 0 Å². The predicted octanol–water partition coefficient (Wildman–Crippen LogP) is 4.14. The van der Waals surface area contributed by atoms with Crippen LogP contribution >= 0.6 is 43.2 Å². The molecule has 17 heavy (non-hydrogen) atoms. The molecule has 0 aliphatic heterocycles. The zero-order valence-electron chi connectivity index (χ0n) is 9.15. The highest BCUT2D eigenvalue weighted by atomic mass is 79.9. The molecule has 0 bridgehead atoms. The van der Waals surface area contributed by atoms with Crippen LogP contribution in [0.25, 0.3) is 10.6 Å². The van der Waals surface area contributed by atoms with Crippen LogP contribution in [0.2, 0.25) is 0 Å². The number of benzene rings is 1. The highest BCUT2D eigenvalue weighted by Crippen LogP contribution is 2.33. The molecule has 2 rings (SSSR count). The number of nitrogens with two attached hydrogens (primary N) is 1. The summed E-state index contributed by atoms with van der Waals surface area (Å²) in [6.45, 7) is 2.04. The Morgan fingerprint density at radius 3 is 2.76 bits per heavy atom. The lowest BCUT2D eigenvalue weighted by Crippen LogP contribution is -2.07. The van der Waals surface area contributed by atoms with Crippen molar-refractivity contribution in [3.8, 4) is 10.6 Å². The van der Waals surface area contributed by atoms with E-state index in [1.54, 1.807) is 11.3 Å². The van der Waals surface area contributed by atoms with Gasteiger partial charge in [-0.25, -0.2) is 0 Å². The Bertz CT molecular complexity index is 527. The van der Waals surface area contributed by atoms with Gasteiger partial charge in [0.15, 0.2) is 0 Å². The average molecular weight is 377 g/mol. The van der Waals surface area contributed by atoms with Gasteiger partial charge in [0.25, 0.3) is 0 Å². The maximum Gasteiger partial charge on any atom is 0.148 e. The first kappa shape index (κ1) is 13.1. The van der Waals surface area contributed by atoms with Crippen LogP contribution in [0.3, 0.4) is 0 Å². The number of nitrogens with zero attached hydrogens (tertiary/aromatic N) is 2. The topological polar surface area (TPSA) is 51.8 Å². The Morgan fingerprint density at radius 1 is 1.35 bits per heavy atom. The minimum absolute atomic E-state index is 0.0181. The predicted molar refractivity (Wildman–Crippen MR) is 78.0 cm³/mol. The van der Waals surface area contributed by atoms with E-state index in [4.69, 9.17) is 5.73 Å². The summed E-state index contributed by atoms with van der Waals surface area (Å²) in [5, 5.41) is 10.1. The van der Waals surface area contributed by atoms with Crippen LogP contribution in [-0.4, -0.2) is 10.2 Å². The van der Waals surface area contributed by atoms with Crippen LogP contribution in [0.5, 0.6) is 0 Å². The minimum Gasteiger partial charge on any atom is -0.322 e. The fourth-order valence-corrected chi connectivity index (χ4v) is 3.66. The van der Waals surface area contributed by atoms with Crippen molar-refractivity contribution >= 4 is 43.2 Å². The van der Waals surface area contributed by atoms with E-state index < -0.39 is 0 Å². The van der Waals surface area contributed by atoms with Gasteiger partial charge in [0, 0.05) is 14.5 Å². The van der Waals surface area contributed by atoms with Gasteiger partial charge in [-0.3, -0.25) is 0 Å². The van der Waals surface area contributed by atoms with E-state index in [2.05, 4.69) is 42.1 Å². The molecule has 2 N–H and O–H groups in total. The zero-order valence-corrected chi connectivity index (χ0v) is 13.1. The normalized spacial score (nSPS) is 12.7. The van der Waals surface area contributed by atoms with Crippen LogP contribution in [-0.2, 0) is 0 Å². The van der Waals surface area contributed by atoms with Crippen LogP contribution < -0.4 is 5.73 Å². The largest absolute Gasteiger partial charge is 0.322 e. The SMILES string of the molecule is CCC(N)c1nnc(-c2ccc(Br)cc2Br)s1. The number of hydrogen-bond donors (Lipinski definition) is 1. The van der Waals surface area contributed by atoms with E-state index in [1.165, 1.54) is 0 Å². The molecule has 3 nitrogen and oxygen atoms in total. The summed E-state index contributed by atoms with van der Waals surface area (Å²) in [7, 11) is 0. The third-order valence-corrected chi connectivity index (χ3v) is 4.60. The van der Waals surface area contributed by atoms with Crippen molar-refractivity contribution in [2.75, 3.05) is 0 Å². The smallest absolute Gasteiger partial charge is 0.148 e. The van der Waals surface area contributed by atoms with E-state index in [0.29, 0.717) is 0 Å². The van der Waals surface area contributed by atoms with Crippen molar-refractivity contribution < 1.29 is 0 Å². The molecule has 0 saturated carbocycles. The summed E-state index contributed by atoms with van der Waals surface area (Å²) in [4.78, 5) is 0. The molecule has 2 aromatic rings. The van der Waals surface area contributed by atoms with Gasteiger partial charge < -0.3 is 5.73 Å². The minimum atomic E-state index is -0.0181. The van der Waals surface area contributed by atoms with Crippen LogP contribution in [0.15, 0.2) is 27.1 Å². The molecule has 0 saturated heterocycles. The van der Waals surface area contributed by atoms with Gasteiger partial charge in [-0.2, -0.15) is 0 Å². The van der Waals surface area contributed by atoms with Crippen molar-refractivity contribution in [2.45, 2.75) is 19.4 Å². The summed E-state index contributed by atoms with van der Waals surface area (Å²) >= 11 is 8.50. The third-order valence-electron chi connectivity index (χ3n) is 2.36. The number of hydrogen-bond acceptors (Lipinski definition) is 4. The molecular formula is C11H11Br2N3S. The van der Waals surface area contributed by atoms with Gasteiger partial charge in [0.2, 0.25) is 0 Å². The van der Waals surface area contributed by atoms with Gasteiger partial charge in [0.05, 0.1) is 6.04 Å². The molecule has 6 heteroatoms. The van der Waals surface area contributed by atoms with Gasteiger partial charge >= 0.3 is 0 Å². The molecule has 1 aromatic heterocycles. The summed E-state index contributed by atoms with van der Waals surface area (Å²) in [6.07, 6.45) is 0.871.